The van der Waals surface area contributed by atoms with Gasteiger partial charge in [-0.2, -0.15) is 0 Å². The lowest BCUT2D eigenvalue weighted by molar-refractivity contribution is -0.129. The van der Waals surface area contributed by atoms with E-state index in [1.54, 1.807) is 0 Å². The van der Waals surface area contributed by atoms with Gasteiger partial charge in [0, 0.05) is 31.8 Å². The molecular formula is C35H71ClN4O2. The minimum atomic E-state index is -0.275. The van der Waals surface area contributed by atoms with Crippen molar-refractivity contribution in [3.8, 4) is 0 Å². The summed E-state index contributed by atoms with van der Waals surface area (Å²) in [5.74, 6) is 0.0260. The normalized spacial score (nSPS) is 11.6. The molecule has 0 radical (unpaired) electrons. The summed E-state index contributed by atoms with van der Waals surface area (Å²) in [5, 5.41) is 3.08. The Morgan fingerprint density at radius 2 is 1.00 bits per heavy atom. The van der Waals surface area contributed by atoms with Crippen molar-refractivity contribution >= 4 is 30.1 Å². The van der Waals surface area contributed by atoms with Crippen molar-refractivity contribution in [3.05, 3.63) is 0 Å². The van der Waals surface area contributed by atoms with E-state index >= 15 is 0 Å². The Morgan fingerprint density at radius 3 is 1.43 bits per heavy atom. The molecule has 7 heteroatoms. The topological polar surface area (TPSA) is 111 Å². The van der Waals surface area contributed by atoms with Gasteiger partial charge in [-0.25, -0.2) is 0 Å². The van der Waals surface area contributed by atoms with Crippen LogP contribution in [-0.2, 0) is 9.59 Å². The van der Waals surface area contributed by atoms with E-state index in [9.17, 15) is 9.59 Å². The SMILES string of the molecule is CCCCCCCCCCCCCCCCCCCC(=O)C[C@@H](CCCN=C(N)N)C(=O)NCCCCCCCC.Cl. The van der Waals surface area contributed by atoms with E-state index in [1.165, 1.54) is 122 Å². The first-order valence-electron chi connectivity index (χ1n) is 17.9. The lowest BCUT2D eigenvalue weighted by Crippen LogP contribution is -2.33. The van der Waals surface area contributed by atoms with Gasteiger partial charge in [0.15, 0.2) is 5.96 Å². The minimum Gasteiger partial charge on any atom is -0.370 e. The van der Waals surface area contributed by atoms with E-state index in [-0.39, 0.29) is 36.0 Å². The molecule has 1 atom stereocenters. The third kappa shape index (κ3) is 31.6. The number of nitrogens with one attached hydrogen (secondary N) is 1. The number of halogens is 1. The van der Waals surface area contributed by atoms with Crippen LogP contribution in [0.15, 0.2) is 4.99 Å². The Balaban J connectivity index is 0. The van der Waals surface area contributed by atoms with Gasteiger partial charge in [0.25, 0.3) is 0 Å². The highest BCUT2D eigenvalue weighted by Crippen LogP contribution is 2.17. The average Bonchev–Trinajstić information content (AvgIpc) is 2.95. The van der Waals surface area contributed by atoms with Crippen LogP contribution in [0.1, 0.15) is 187 Å². The monoisotopic (exact) mass is 615 g/mol. The van der Waals surface area contributed by atoms with Crippen molar-refractivity contribution in [1.29, 1.82) is 0 Å². The second-order valence-corrected chi connectivity index (χ2v) is 12.4. The molecule has 0 aliphatic carbocycles. The first kappa shape index (κ1) is 42.8. The standard InChI is InChI=1S/C35H70N4O2.ClH/c1-3-5-7-9-11-12-13-14-15-16-17-18-19-20-21-22-24-28-33(40)31-32(27-26-30-39-35(36)37)34(41)38-29-25-23-10-8-6-4-2;/h32H,3-31H2,1-2H3,(H,38,41)(H4,36,37,39);1H/t32-;/m1./s1. The Labute approximate surface area is 267 Å². The molecule has 0 aliphatic rings. The summed E-state index contributed by atoms with van der Waals surface area (Å²) >= 11 is 0. The second kappa shape index (κ2) is 34.2. The van der Waals surface area contributed by atoms with E-state index in [0.717, 1.165) is 25.7 Å². The van der Waals surface area contributed by atoms with Crippen LogP contribution in [0, 0.1) is 5.92 Å². The molecule has 250 valence electrons. The Kier molecular flexibility index (Phi) is 34.9. The van der Waals surface area contributed by atoms with Gasteiger partial charge in [0.1, 0.15) is 5.78 Å². The van der Waals surface area contributed by atoms with Gasteiger partial charge in [-0.05, 0) is 25.7 Å². The molecule has 0 aromatic carbocycles. The maximum absolute atomic E-state index is 12.8. The van der Waals surface area contributed by atoms with Crippen LogP contribution in [0.4, 0.5) is 0 Å². The number of carbonyl (C=O) groups excluding carboxylic acids is 2. The maximum Gasteiger partial charge on any atom is 0.223 e. The lowest BCUT2D eigenvalue weighted by atomic mass is 9.93. The summed E-state index contributed by atoms with van der Waals surface area (Å²) in [7, 11) is 0. The van der Waals surface area contributed by atoms with Crippen LogP contribution < -0.4 is 16.8 Å². The molecule has 5 N–H and O–H groups in total. The van der Waals surface area contributed by atoms with Crippen molar-refractivity contribution in [2.45, 2.75) is 187 Å². The summed E-state index contributed by atoms with van der Waals surface area (Å²) in [5.41, 5.74) is 10.8. The van der Waals surface area contributed by atoms with E-state index in [0.29, 0.717) is 38.8 Å². The number of carbonyl (C=O) groups is 2. The molecule has 0 spiro atoms. The second-order valence-electron chi connectivity index (χ2n) is 12.4. The number of nitrogens with zero attached hydrogens (tertiary/aromatic N) is 1. The van der Waals surface area contributed by atoms with Crippen LogP contribution in [0.2, 0.25) is 0 Å². The predicted octanol–water partition coefficient (Wildman–Crippen LogP) is 9.56. The molecule has 0 bridgehead atoms. The Hall–Kier alpha value is -1.30. The largest absolute Gasteiger partial charge is 0.370 e. The molecule has 0 unspecified atom stereocenters. The fourth-order valence-corrected chi connectivity index (χ4v) is 5.56. The molecule has 0 aromatic heterocycles. The smallest absolute Gasteiger partial charge is 0.223 e. The van der Waals surface area contributed by atoms with Crippen LogP contribution in [0.5, 0.6) is 0 Å². The molecule has 0 aliphatic heterocycles. The minimum absolute atomic E-state index is 0. The first-order chi connectivity index (χ1) is 20.0. The highest BCUT2D eigenvalue weighted by molar-refractivity contribution is 5.86. The zero-order valence-corrected chi connectivity index (χ0v) is 28.7. The number of guanidine groups is 1. The molecule has 0 fully saturated rings. The van der Waals surface area contributed by atoms with Gasteiger partial charge in [-0.3, -0.25) is 14.6 Å². The van der Waals surface area contributed by atoms with Gasteiger partial charge in [-0.15, -0.1) is 12.4 Å². The van der Waals surface area contributed by atoms with Crippen molar-refractivity contribution in [2.24, 2.45) is 22.4 Å². The lowest BCUT2D eigenvalue weighted by Gasteiger charge is -2.16. The van der Waals surface area contributed by atoms with Crippen LogP contribution in [0.25, 0.3) is 0 Å². The molecule has 6 nitrogen and oxygen atoms in total. The summed E-state index contributed by atoms with van der Waals surface area (Å²) in [6, 6.07) is 0. The van der Waals surface area contributed by atoms with E-state index in [1.807, 2.05) is 0 Å². The number of Topliss-reactive ketones (excluding diaryl/α,β-unsaturated/α-hetero) is 1. The van der Waals surface area contributed by atoms with E-state index in [4.69, 9.17) is 11.5 Å². The maximum atomic E-state index is 12.8. The zero-order chi connectivity index (χ0) is 30.2. The van der Waals surface area contributed by atoms with Crippen molar-refractivity contribution in [3.63, 3.8) is 0 Å². The van der Waals surface area contributed by atoms with Gasteiger partial charge >= 0.3 is 0 Å². The van der Waals surface area contributed by atoms with Gasteiger partial charge < -0.3 is 16.8 Å². The molecule has 0 aromatic rings. The number of ketones is 1. The third-order valence-corrected chi connectivity index (χ3v) is 8.24. The molecule has 42 heavy (non-hydrogen) atoms. The molecule has 0 saturated carbocycles. The van der Waals surface area contributed by atoms with E-state index < -0.39 is 0 Å². The van der Waals surface area contributed by atoms with Gasteiger partial charge in [0.2, 0.25) is 5.91 Å². The highest BCUT2D eigenvalue weighted by Gasteiger charge is 2.21. The molecule has 0 saturated heterocycles. The summed E-state index contributed by atoms with van der Waals surface area (Å²) in [4.78, 5) is 29.5. The van der Waals surface area contributed by atoms with E-state index in [2.05, 4.69) is 24.2 Å². The first-order valence-corrected chi connectivity index (χ1v) is 17.9. The number of nitrogens with two attached hydrogens (primary N) is 2. The molecule has 0 heterocycles. The number of aliphatic imine (C=N–C) groups is 1. The van der Waals surface area contributed by atoms with Gasteiger partial charge in [-0.1, -0.05) is 149 Å². The quantitative estimate of drug-likeness (QED) is 0.0398. The average molecular weight is 615 g/mol. The Morgan fingerprint density at radius 1 is 0.595 bits per heavy atom. The highest BCUT2D eigenvalue weighted by atomic mass is 35.5. The van der Waals surface area contributed by atoms with Crippen molar-refractivity contribution in [2.75, 3.05) is 13.1 Å². The molecule has 1 amide bonds. The summed E-state index contributed by atoms with van der Waals surface area (Å²) in [6.07, 6.45) is 32.1. The van der Waals surface area contributed by atoms with Crippen molar-refractivity contribution in [1.82, 2.24) is 5.32 Å². The number of amides is 1. The molecular weight excluding hydrogens is 544 g/mol. The number of unbranched alkanes of at least 4 members (excludes halogenated alkanes) is 21. The van der Waals surface area contributed by atoms with Gasteiger partial charge in [0.05, 0.1) is 0 Å². The van der Waals surface area contributed by atoms with Crippen molar-refractivity contribution < 1.29 is 9.59 Å². The third-order valence-electron chi connectivity index (χ3n) is 8.24. The fraction of sp³-hybridized carbons (Fsp3) is 0.914. The number of hydrogen-bond donors (Lipinski definition) is 3. The number of hydrogen-bond acceptors (Lipinski definition) is 3. The van der Waals surface area contributed by atoms with Crippen LogP contribution in [0.3, 0.4) is 0 Å². The van der Waals surface area contributed by atoms with Crippen LogP contribution in [-0.4, -0.2) is 30.7 Å². The van der Waals surface area contributed by atoms with Crippen LogP contribution >= 0.6 is 12.4 Å². The summed E-state index contributed by atoms with van der Waals surface area (Å²) in [6.45, 7) is 5.69. The zero-order valence-electron chi connectivity index (χ0n) is 27.9. The fourth-order valence-electron chi connectivity index (χ4n) is 5.56. The Bertz CT molecular complexity index is 626. The predicted molar refractivity (Wildman–Crippen MR) is 185 cm³/mol. The summed E-state index contributed by atoms with van der Waals surface area (Å²) < 4.78 is 0. The molecule has 0 rings (SSSR count). The number of rotatable bonds is 32.